The van der Waals surface area contributed by atoms with Crippen molar-refractivity contribution in [3.63, 3.8) is 0 Å². The standard InChI is InChI=1S/C20H22N2O4/c1-11-13-9-22-7-6-20(15-4-2-3-5-16(15)21-19(20)25)17(22)8-12(13)14(10-26-11)18(23)24/h2-5,10-13,17H,6-9H2,1H3,(H,21,25)(H,23,24)/t11-,12+,13+,17+,20+/m1/s1. The number of nitrogens with zero attached hydrogens (tertiary/aromatic N) is 1. The molecule has 0 aromatic heterocycles. The lowest BCUT2D eigenvalue weighted by Crippen LogP contribution is -2.56. The zero-order valence-corrected chi connectivity index (χ0v) is 14.6. The number of piperidine rings is 1. The predicted molar refractivity (Wildman–Crippen MR) is 94.6 cm³/mol. The van der Waals surface area contributed by atoms with Gasteiger partial charge in [-0.05, 0) is 37.9 Å². The number of aliphatic carboxylic acids is 1. The van der Waals surface area contributed by atoms with Crippen LogP contribution in [0.1, 0.15) is 25.3 Å². The van der Waals surface area contributed by atoms with E-state index >= 15 is 0 Å². The minimum Gasteiger partial charge on any atom is -0.497 e. The zero-order chi connectivity index (χ0) is 18.1. The molecule has 1 amide bonds. The summed E-state index contributed by atoms with van der Waals surface area (Å²) in [5.41, 5.74) is 1.75. The van der Waals surface area contributed by atoms with Crippen LogP contribution < -0.4 is 5.32 Å². The molecule has 1 aromatic carbocycles. The number of nitrogens with one attached hydrogen (secondary N) is 1. The third kappa shape index (κ3) is 1.91. The Morgan fingerprint density at radius 3 is 3.00 bits per heavy atom. The molecular weight excluding hydrogens is 332 g/mol. The van der Waals surface area contributed by atoms with Gasteiger partial charge in [-0.1, -0.05) is 18.2 Å². The van der Waals surface area contributed by atoms with E-state index in [-0.39, 0.29) is 29.9 Å². The van der Waals surface area contributed by atoms with Crippen LogP contribution in [0.3, 0.4) is 0 Å². The number of fused-ring (bicyclic) bond motifs is 5. The summed E-state index contributed by atoms with van der Waals surface area (Å²) in [6.45, 7) is 3.64. The van der Waals surface area contributed by atoms with Gasteiger partial charge in [0, 0.05) is 30.1 Å². The molecule has 0 bridgehead atoms. The highest BCUT2D eigenvalue weighted by Crippen LogP contribution is 2.53. The molecule has 136 valence electrons. The number of hydrogen-bond acceptors (Lipinski definition) is 4. The normalized spacial score (nSPS) is 38.0. The van der Waals surface area contributed by atoms with E-state index in [4.69, 9.17) is 4.74 Å². The first-order chi connectivity index (χ1) is 12.5. The molecule has 2 fully saturated rings. The molecule has 1 spiro atoms. The molecule has 4 aliphatic rings. The minimum absolute atomic E-state index is 0.00899. The maximum absolute atomic E-state index is 13.1. The number of carbonyl (C=O) groups is 2. The predicted octanol–water partition coefficient (Wildman–Crippen LogP) is 1.97. The van der Waals surface area contributed by atoms with Gasteiger partial charge < -0.3 is 15.2 Å². The Morgan fingerprint density at radius 2 is 2.19 bits per heavy atom. The van der Waals surface area contributed by atoms with Crippen LogP contribution in [0.5, 0.6) is 0 Å². The summed E-state index contributed by atoms with van der Waals surface area (Å²) in [5.74, 6) is -0.778. The van der Waals surface area contributed by atoms with Gasteiger partial charge >= 0.3 is 5.97 Å². The third-order valence-corrected chi connectivity index (χ3v) is 6.96. The minimum atomic E-state index is -0.913. The monoisotopic (exact) mass is 354 g/mol. The molecule has 5 atom stereocenters. The Balaban J connectivity index is 1.57. The van der Waals surface area contributed by atoms with Crippen LogP contribution in [0.25, 0.3) is 0 Å². The lowest BCUT2D eigenvalue weighted by molar-refractivity contribution is -0.135. The number of anilines is 1. The van der Waals surface area contributed by atoms with Crippen molar-refractivity contribution in [2.45, 2.75) is 37.3 Å². The number of ether oxygens (including phenoxy) is 1. The van der Waals surface area contributed by atoms with Crippen LogP contribution in [0.2, 0.25) is 0 Å². The van der Waals surface area contributed by atoms with Gasteiger partial charge in [0.25, 0.3) is 0 Å². The molecule has 0 unspecified atom stereocenters. The second-order valence-corrected chi connectivity index (χ2v) is 7.96. The summed E-state index contributed by atoms with van der Waals surface area (Å²) < 4.78 is 5.62. The third-order valence-electron chi connectivity index (χ3n) is 6.96. The summed E-state index contributed by atoms with van der Waals surface area (Å²) in [4.78, 5) is 27.2. The van der Waals surface area contributed by atoms with Gasteiger partial charge in [0.1, 0.15) is 0 Å². The SMILES string of the molecule is C[C@H]1OC=C(C(=O)O)[C@H]2C[C@@H]3N(CC[C@@]34C(=O)Nc3ccccc34)C[C@H]21. The van der Waals surface area contributed by atoms with Gasteiger partial charge in [-0.25, -0.2) is 4.79 Å². The van der Waals surface area contributed by atoms with Crippen molar-refractivity contribution in [2.24, 2.45) is 11.8 Å². The lowest BCUT2D eigenvalue weighted by Gasteiger charge is -2.47. The van der Waals surface area contributed by atoms with E-state index in [1.54, 1.807) is 0 Å². The van der Waals surface area contributed by atoms with Crippen LogP contribution in [0.15, 0.2) is 36.1 Å². The molecule has 5 rings (SSSR count). The van der Waals surface area contributed by atoms with E-state index in [0.717, 1.165) is 30.8 Å². The molecule has 0 radical (unpaired) electrons. The molecule has 26 heavy (non-hydrogen) atoms. The molecule has 0 saturated carbocycles. The average Bonchev–Trinajstić information content (AvgIpc) is 3.14. The van der Waals surface area contributed by atoms with Gasteiger partial charge in [0.15, 0.2) is 0 Å². The fourth-order valence-corrected chi connectivity index (χ4v) is 5.66. The van der Waals surface area contributed by atoms with Crippen molar-refractivity contribution in [1.29, 1.82) is 0 Å². The zero-order valence-electron chi connectivity index (χ0n) is 14.6. The quantitative estimate of drug-likeness (QED) is 0.806. The molecule has 6 heteroatoms. The highest BCUT2D eigenvalue weighted by molar-refractivity contribution is 6.07. The number of carbonyl (C=O) groups excluding carboxylic acids is 1. The van der Waals surface area contributed by atoms with Crippen molar-refractivity contribution in [2.75, 3.05) is 18.4 Å². The van der Waals surface area contributed by atoms with Gasteiger partial charge in [-0.3, -0.25) is 9.69 Å². The van der Waals surface area contributed by atoms with Crippen LogP contribution in [0.4, 0.5) is 5.69 Å². The summed E-state index contributed by atoms with van der Waals surface area (Å²) in [5, 5.41) is 12.7. The Bertz CT molecular complexity index is 835. The second-order valence-electron chi connectivity index (χ2n) is 7.96. The first-order valence-electron chi connectivity index (χ1n) is 9.26. The van der Waals surface area contributed by atoms with Gasteiger partial charge in [-0.15, -0.1) is 0 Å². The van der Waals surface area contributed by atoms with Crippen molar-refractivity contribution in [3.8, 4) is 0 Å². The first kappa shape index (κ1) is 15.9. The lowest BCUT2D eigenvalue weighted by atomic mass is 9.66. The van der Waals surface area contributed by atoms with Crippen LogP contribution in [-0.2, 0) is 19.7 Å². The Labute approximate surface area is 151 Å². The van der Waals surface area contributed by atoms with E-state index in [2.05, 4.69) is 10.2 Å². The topological polar surface area (TPSA) is 78.9 Å². The van der Waals surface area contributed by atoms with Gasteiger partial charge in [0.2, 0.25) is 5.91 Å². The maximum Gasteiger partial charge on any atom is 0.334 e. The average molecular weight is 354 g/mol. The summed E-state index contributed by atoms with van der Waals surface area (Å²) in [6.07, 6.45) is 2.87. The molecule has 0 aliphatic carbocycles. The highest BCUT2D eigenvalue weighted by Gasteiger charge is 2.61. The Morgan fingerprint density at radius 1 is 1.38 bits per heavy atom. The van der Waals surface area contributed by atoms with Crippen molar-refractivity contribution >= 4 is 17.6 Å². The van der Waals surface area contributed by atoms with Crippen LogP contribution in [-0.4, -0.2) is 47.1 Å². The van der Waals surface area contributed by atoms with Gasteiger partial charge in [-0.2, -0.15) is 0 Å². The summed E-state index contributed by atoms with van der Waals surface area (Å²) in [6, 6.07) is 7.95. The largest absolute Gasteiger partial charge is 0.497 e. The molecule has 2 N–H and O–H groups in total. The fourth-order valence-electron chi connectivity index (χ4n) is 5.66. The molecule has 1 aromatic rings. The second kappa shape index (κ2) is 5.33. The van der Waals surface area contributed by atoms with Crippen LogP contribution in [0, 0.1) is 11.8 Å². The molecule has 4 aliphatic heterocycles. The molecule has 6 nitrogen and oxygen atoms in total. The smallest absolute Gasteiger partial charge is 0.334 e. The van der Waals surface area contributed by atoms with Gasteiger partial charge in [0.05, 0.1) is 23.4 Å². The van der Waals surface area contributed by atoms with E-state index in [0.29, 0.717) is 12.0 Å². The number of amides is 1. The highest BCUT2D eigenvalue weighted by atomic mass is 16.5. The molecule has 4 heterocycles. The van der Waals surface area contributed by atoms with Crippen LogP contribution >= 0.6 is 0 Å². The van der Waals surface area contributed by atoms with E-state index in [1.807, 2.05) is 31.2 Å². The van der Waals surface area contributed by atoms with E-state index < -0.39 is 11.4 Å². The van der Waals surface area contributed by atoms with E-state index in [9.17, 15) is 14.7 Å². The Hall–Kier alpha value is -2.34. The fraction of sp³-hybridized carbons (Fsp3) is 0.500. The number of carboxylic acid groups (broad SMARTS) is 1. The maximum atomic E-state index is 13.1. The number of benzene rings is 1. The first-order valence-corrected chi connectivity index (χ1v) is 9.26. The molecular formula is C20H22N2O4. The number of rotatable bonds is 1. The number of para-hydroxylation sites is 1. The summed E-state index contributed by atoms with van der Waals surface area (Å²) >= 11 is 0. The van der Waals surface area contributed by atoms with Crippen molar-refractivity contribution in [3.05, 3.63) is 41.7 Å². The Kier molecular flexibility index (Phi) is 3.26. The molecule has 2 saturated heterocycles. The van der Waals surface area contributed by atoms with Crippen molar-refractivity contribution < 1.29 is 19.4 Å². The number of hydrogen-bond donors (Lipinski definition) is 2. The van der Waals surface area contributed by atoms with Crippen molar-refractivity contribution in [1.82, 2.24) is 4.90 Å². The number of carboxylic acids is 1. The summed E-state index contributed by atoms with van der Waals surface area (Å²) in [7, 11) is 0. The van der Waals surface area contributed by atoms with E-state index in [1.165, 1.54) is 6.26 Å².